The number of halogens is 3. The molecule has 0 spiro atoms. The molecule has 8 heteroatoms. The van der Waals surface area contributed by atoms with E-state index in [1.807, 2.05) is 65.2 Å². The van der Waals surface area contributed by atoms with Crippen molar-refractivity contribution in [3.63, 3.8) is 0 Å². The summed E-state index contributed by atoms with van der Waals surface area (Å²) in [6.07, 6.45) is 4.93. The molecule has 5 aromatic rings. The molecule has 5 nitrogen and oxygen atoms in total. The third-order valence-corrected chi connectivity index (χ3v) is 8.00. The number of nitrogens with zero attached hydrogens (tertiary/aromatic N) is 2. The van der Waals surface area contributed by atoms with Crippen molar-refractivity contribution in [3.8, 4) is 28.1 Å². The van der Waals surface area contributed by atoms with Crippen LogP contribution in [0.25, 0.3) is 28.0 Å². The number of aryl methyl sites for hydroxylation is 2. The number of hydrogen-bond donors (Lipinski definition) is 1. The quantitative estimate of drug-likeness (QED) is 0.232. The Hall–Kier alpha value is -3.38. The van der Waals surface area contributed by atoms with Gasteiger partial charge in [0, 0.05) is 40.1 Å². The molecule has 3 heterocycles. The minimum atomic E-state index is -0.210. The fraction of sp³-hybridized carbons (Fsp3) is 0.167. The smallest absolute Gasteiger partial charge is 0.273 e. The molecular formula is C30H24Cl3N3O2. The van der Waals surface area contributed by atoms with E-state index in [0.717, 1.165) is 65.2 Å². The minimum absolute atomic E-state index is 0.210. The molecule has 192 valence electrons. The number of methoxy groups -OCH3 is 1. The second kappa shape index (κ2) is 10.1. The van der Waals surface area contributed by atoms with Crippen molar-refractivity contribution in [3.05, 3.63) is 99.3 Å². The zero-order chi connectivity index (χ0) is 26.4. The van der Waals surface area contributed by atoms with E-state index < -0.39 is 0 Å². The molecule has 0 aliphatic carbocycles. The number of nitrogens with one attached hydrogen (secondary N) is 1. The van der Waals surface area contributed by atoms with Gasteiger partial charge in [-0.2, -0.15) is 0 Å². The zero-order valence-corrected chi connectivity index (χ0v) is 22.9. The van der Waals surface area contributed by atoms with Crippen LogP contribution in [0.5, 0.6) is 5.75 Å². The van der Waals surface area contributed by atoms with Gasteiger partial charge < -0.3 is 14.6 Å². The Morgan fingerprint density at radius 2 is 1.71 bits per heavy atom. The van der Waals surface area contributed by atoms with Crippen molar-refractivity contribution in [2.75, 3.05) is 12.4 Å². The van der Waals surface area contributed by atoms with Crippen molar-refractivity contribution in [1.82, 2.24) is 8.97 Å². The highest BCUT2D eigenvalue weighted by Gasteiger charge is 2.29. The summed E-state index contributed by atoms with van der Waals surface area (Å²) < 4.78 is 9.71. The number of imidazole rings is 1. The van der Waals surface area contributed by atoms with Crippen LogP contribution in [0, 0.1) is 0 Å². The summed E-state index contributed by atoms with van der Waals surface area (Å²) in [7, 11) is 1.65. The van der Waals surface area contributed by atoms with Gasteiger partial charge in [-0.25, -0.2) is 0 Å². The van der Waals surface area contributed by atoms with E-state index in [4.69, 9.17) is 39.5 Å². The van der Waals surface area contributed by atoms with Crippen LogP contribution in [-0.2, 0) is 13.0 Å². The summed E-state index contributed by atoms with van der Waals surface area (Å²) >= 11 is 18.8. The van der Waals surface area contributed by atoms with Gasteiger partial charge in [-0.1, -0.05) is 59.1 Å². The lowest BCUT2D eigenvalue weighted by atomic mass is 9.97. The lowest BCUT2D eigenvalue weighted by Crippen LogP contribution is -2.15. The highest BCUT2D eigenvalue weighted by molar-refractivity contribution is 6.42. The van der Waals surface area contributed by atoms with Crippen LogP contribution in [0.15, 0.2) is 72.9 Å². The van der Waals surface area contributed by atoms with Crippen molar-refractivity contribution in [2.45, 2.75) is 25.8 Å². The molecule has 1 aliphatic rings. The number of aromatic nitrogens is 2. The van der Waals surface area contributed by atoms with Gasteiger partial charge in [0.1, 0.15) is 17.1 Å². The number of carbonyl (C=O) groups is 1. The number of benzene rings is 3. The first-order valence-corrected chi connectivity index (χ1v) is 13.5. The average Bonchev–Trinajstić information content (AvgIpc) is 3.33. The fourth-order valence-electron chi connectivity index (χ4n) is 5.32. The molecule has 0 saturated carbocycles. The Labute approximate surface area is 235 Å². The first-order chi connectivity index (χ1) is 18.4. The number of ether oxygens (including phenoxy) is 1. The third kappa shape index (κ3) is 4.35. The first kappa shape index (κ1) is 24.9. The summed E-state index contributed by atoms with van der Waals surface area (Å²) in [5, 5.41) is 4.63. The maximum Gasteiger partial charge on any atom is 0.273 e. The van der Waals surface area contributed by atoms with E-state index in [0.29, 0.717) is 26.4 Å². The predicted molar refractivity (Wildman–Crippen MR) is 155 cm³/mol. The summed E-state index contributed by atoms with van der Waals surface area (Å²) in [4.78, 5) is 14.0. The van der Waals surface area contributed by atoms with Gasteiger partial charge in [0.05, 0.1) is 22.8 Å². The number of carbonyl (C=O) groups excluding carboxylic acids is 1. The predicted octanol–water partition coefficient (Wildman–Crippen LogP) is 8.63. The molecule has 0 unspecified atom stereocenters. The lowest BCUT2D eigenvalue weighted by Gasteiger charge is -2.11. The van der Waals surface area contributed by atoms with E-state index in [1.54, 1.807) is 19.2 Å². The summed E-state index contributed by atoms with van der Waals surface area (Å²) in [6.45, 7) is 0.834. The topological polar surface area (TPSA) is 47.7 Å². The molecule has 2 aromatic heterocycles. The molecule has 1 amide bonds. The van der Waals surface area contributed by atoms with Crippen LogP contribution in [0.1, 0.15) is 28.9 Å². The van der Waals surface area contributed by atoms with Crippen molar-refractivity contribution >= 4 is 52.0 Å². The van der Waals surface area contributed by atoms with Crippen molar-refractivity contribution < 1.29 is 9.53 Å². The molecular weight excluding hydrogens is 541 g/mol. The van der Waals surface area contributed by atoms with E-state index in [9.17, 15) is 4.79 Å². The van der Waals surface area contributed by atoms with Crippen LogP contribution in [0.4, 0.5) is 5.69 Å². The van der Waals surface area contributed by atoms with Crippen LogP contribution in [-0.4, -0.2) is 22.0 Å². The van der Waals surface area contributed by atoms with Gasteiger partial charge in [-0.05, 0) is 67.3 Å². The molecule has 0 atom stereocenters. The van der Waals surface area contributed by atoms with E-state index in [-0.39, 0.29) is 5.91 Å². The molecule has 0 radical (unpaired) electrons. The molecule has 38 heavy (non-hydrogen) atoms. The monoisotopic (exact) mass is 563 g/mol. The number of rotatable bonds is 5. The normalized spacial score (nSPS) is 12.9. The Bertz CT molecular complexity index is 1690. The standard InChI is InChI=1S/C30H24Cl3N3O2/c1-38-22-11-8-18(9-12-22)27-23-7-2-3-14-35-26(19-10-13-24(32)25(33)15-19)17-36(30(23)35)28(27)29(37)34-21-6-4-5-20(31)16-21/h4-6,8-13,15-17H,2-3,7,14H2,1H3,(H,34,37). The first-order valence-electron chi connectivity index (χ1n) is 12.4. The van der Waals surface area contributed by atoms with Gasteiger partial charge >= 0.3 is 0 Å². The molecule has 1 aliphatic heterocycles. The highest BCUT2D eigenvalue weighted by Crippen LogP contribution is 2.41. The van der Waals surface area contributed by atoms with E-state index in [2.05, 4.69) is 9.88 Å². The Kier molecular flexibility index (Phi) is 6.60. The molecule has 0 saturated heterocycles. The Morgan fingerprint density at radius 1 is 0.921 bits per heavy atom. The minimum Gasteiger partial charge on any atom is -0.497 e. The van der Waals surface area contributed by atoms with Crippen LogP contribution >= 0.6 is 34.8 Å². The van der Waals surface area contributed by atoms with Crippen LogP contribution < -0.4 is 10.1 Å². The molecule has 0 fully saturated rings. The third-order valence-electron chi connectivity index (χ3n) is 7.03. The van der Waals surface area contributed by atoms with Gasteiger partial charge in [-0.3, -0.25) is 9.20 Å². The SMILES string of the molecule is COc1ccc(-c2c3c4n(c(-c5ccc(Cl)c(Cl)c5)cn4c2C(=O)Nc2cccc(Cl)c2)CCCC3)cc1. The van der Waals surface area contributed by atoms with E-state index in [1.165, 1.54) is 0 Å². The van der Waals surface area contributed by atoms with Crippen molar-refractivity contribution in [2.24, 2.45) is 0 Å². The largest absolute Gasteiger partial charge is 0.497 e. The molecule has 6 rings (SSSR count). The average molecular weight is 565 g/mol. The molecule has 0 bridgehead atoms. The Balaban J connectivity index is 1.60. The summed E-state index contributed by atoms with van der Waals surface area (Å²) in [5.74, 6) is 0.553. The van der Waals surface area contributed by atoms with Gasteiger partial charge in [0.25, 0.3) is 5.91 Å². The second-order valence-electron chi connectivity index (χ2n) is 9.34. The maximum absolute atomic E-state index is 14.0. The summed E-state index contributed by atoms with van der Waals surface area (Å²) in [5.41, 5.74) is 7.20. The Morgan fingerprint density at radius 3 is 2.45 bits per heavy atom. The summed E-state index contributed by atoms with van der Waals surface area (Å²) in [6, 6.07) is 20.7. The number of amides is 1. The van der Waals surface area contributed by atoms with Gasteiger partial charge in [0.2, 0.25) is 0 Å². The maximum atomic E-state index is 14.0. The van der Waals surface area contributed by atoms with Gasteiger partial charge in [0.15, 0.2) is 0 Å². The van der Waals surface area contributed by atoms with Gasteiger partial charge in [-0.15, -0.1) is 0 Å². The number of anilines is 1. The van der Waals surface area contributed by atoms with Crippen LogP contribution in [0.3, 0.4) is 0 Å². The number of hydrogen-bond acceptors (Lipinski definition) is 2. The zero-order valence-electron chi connectivity index (χ0n) is 20.6. The lowest BCUT2D eigenvalue weighted by molar-refractivity contribution is 0.102. The molecule has 1 N–H and O–H groups in total. The molecule has 3 aromatic carbocycles. The van der Waals surface area contributed by atoms with E-state index >= 15 is 0 Å². The van der Waals surface area contributed by atoms with Crippen molar-refractivity contribution in [1.29, 1.82) is 0 Å². The fourth-order valence-corrected chi connectivity index (χ4v) is 5.81. The second-order valence-corrected chi connectivity index (χ2v) is 10.6. The van der Waals surface area contributed by atoms with Crippen LogP contribution in [0.2, 0.25) is 15.1 Å². The highest BCUT2D eigenvalue weighted by atomic mass is 35.5.